The van der Waals surface area contributed by atoms with Gasteiger partial charge in [0.1, 0.15) is 5.75 Å². The molecule has 2 rings (SSSR count). The standard InChI is InChI=1S/C13H15F2NO2/c1-9(17)16-11-2-4-12(5-3-11)18-8-10-6-13(14,15)7-10/h2-5,10H,6-8H2,1H3,(H,16,17). The molecular weight excluding hydrogens is 240 g/mol. The first-order valence-electron chi connectivity index (χ1n) is 5.83. The van der Waals surface area contributed by atoms with E-state index in [0.29, 0.717) is 18.0 Å². The summed E-state index contributed by atoms with van der Waals surface area (Å²) in [7, 11) is 0. The zero-order valence-corrected chi connectivity index (χ0v) is 10.1. The van der Waals surface area contributed by atoms with Crippen LogP contribution in [0.2, 0.25) is 0 Å². The van der Waals surface area contributed by atoms with Gasteiger partial charge in [0.2, 0.25) is 11.8 Å². The fourth-order valence-electron chi connectivity index (χ4n) is 1.95. The molecule has 0 atom stereocenters. The second kappa shape index (κ2) is 4.92. The number of nitrogens with one attached hydrogen (secondary N) is 1. The van der Waals surface area contributed by atoms with Crippen LogP contribution in [-0.4, -0.2) is 18.4 Å². The van der Waals surface area contributed by atoms with E-state index >= 15 is 0 Å². The summed E-state index contributed by atoms with van der Waals surface area (Å²) in [5.74, 6) is -2.07. The Labute approximate surface area is 104 Å². The number of amides is 1. The maximum Gasteiger partial charge on any atom is 0.248 e. The molecule has 3 nitrogen and oxygen atoms in total. The highest BCUT2D eigenvalue weighted by Gasteiger charge is 2.45. The van der Waals surface area contributed by atoms with Crippen LogP contribution in [0, 0.1) is 5.92 Å². The van der Waals surface area contributed by atoms with Crippen LogP contribution in [0.5, 0.6) is 5.75 Å². The van der Waals surface area contributed by atoms with Crippen molar-refractivity contribution in [2.75, 3.05) is 11.9 Å². The number of hydrogen-bond donors (Lipinski definition) is 1. The number of ether oxygens (including phenoxy) is 1. The molecule has 0 aromatic heterocycles. The Bertz CT molecular complexity index is 423. The van der Waals surface area contributed by atoms with E-state index in [2.05, 4.69) is 5.32 Å². The van der Waals surface area contributed by atoms with Crippen LogP contribution in [0.15, 0.2) is 24.3 Å². The van der Waals surface area contributed by atoms with Crippen molar-refractivity contribution in [3.63, 3.8) is 0 Å². The third-order valence-electron chi connectivity index (χ3n) is 2.84. The highest BCUT2D eigenvalue weighted by atomic mass is 19.3. The van der Waals surface area contributed by atoms with Crippen LogP contribution >= 0.6 is 0 Å². The van der Waals surface area contributed by atoms with Gasteiger partial charge >= 0.3 is 0 Å². The van der Waals surface area contributed by atoms with E-state index < -0.39 is 5.92 Å². The molecule has 1 N–H and O–H groups in total. The van der Waals surface area contributed by atoms with Crippen molar-refractivity contribution < 1.29 is 18.3 Å². The summed E-state index contributed by atoms with van der Waals surface area (Å²) in [6, 6.07) is 6.85. The van der Waals surface area contributed by atoms with Crippen molar-refractivity contribution in [1.29, 1.82) is 0 Å². The SMILES string of the molecule is CC(=O)Nc1ccc(OCC2CC(F)(F)C2)cc1. The molecule has 0 radical (unpaired) electrons. The molecule has 0 saturated heterocycles. The number of rotatable bonds is 4. The minimum atomic E-state index is -2.50. The smallest absolute Gasteiger partial charge is 0.248 e. The summed E-state index contributed by atoms with van der Waals surface area (Å²) < 4.78 is 30.6. The second-order valence-corrected chi connectivity index (χ2v) is 4.65. The van der Waals surface area contributed by atoms with Gasteiger partial charge in [0.05, 0.1) is 6.61 Å². The van der Waals surface area contributed by atoms with Gasteiger partial charge in [-0.15, -0.1) is 0 Å². The Kier molecular flexibility index (Phi) is 3.50. The number of halogens is 2. The normalized spacial score (nSPS) is 17.9. The van der Waals surface area contributed by atoms with E-state index in [1.807, 2.05) is 0 Å². The average molecular weight is 255 g/mol. The molecule has 1 saturated carbocycles. The first kappa shape index (κ1) is 12.8. The highest BCUT2D eigenvalue weighted by molar-refractivity contribution is 5.88. The van der Waals surface area contributed by atoms with Crippen molar-refractivity contribution in [2.45, 2.75) is 25.7 Å². The van der Waals surface area contributed by atoms with E-state index in [1.54, 1.807) is 24.3 Å². The Morgan fingerprint density at radius 3 is 2.50 bits per heavy atom. The van der Waals surface area contributed by atoms with E-state index in [0.717, 1.165) is 0 Å². The first-order chi connectivity index (χ1) is 8.44. The molecule has 1 fully saturated rings. The summed E-state index contributed by atoms with van der Waals surface area (Å²) >= 11 is 0. The lowest BCUT2D eigenvalue weighted by Gasteiger charge is -2.34. The monoisotopic (exact) mass is 255 g/mol. The van der Waals surface area contributed by atoms with Gasteiger partial charge in [-0.05, 0) is 24.3 Å². The summed E-state index contributed by atoms with van der Waals surface area (Å²) in [5, 5.41) is 2.64. The molecule has 1 aromatic rings. The lowest BCUT2D eigenvalue weighted by atomic mass is 9.82. The number of carbonyl (C=O) groups is 1. The molecule has 18 heavy (non-hydrogen) atoms. The van der Waals surface area contributed by atoms with Gasteiger partial charge in [0, 0.05) is 31.4 Å². The maximum absolute atomic E-state index is 12.6. The molecule has 0 aliphatic heterocycles. The largest absolute Gasteiger partial charge is 0.493 e. The zero-order valence-electron chi connectivity index (χ0n) is 10.1. The van der Waals surface area contributed by atoms with Gasteiger partial charge in [-0.1, -0.05) is 0 Å². The van der Waals surface area contributed by atoms with Crippen molar-refractivity contribution >= 4 is 11.6 Å². The summed E-state index contributed by atoms with van der Waals surface area (Å²) in [6.07, 6.45) is -0.173. The number of alkyl halides is 2. The summed E-state index contributed by atoms with van der Waals surface area (Å²) in [5.41, 5.74) is 0.685. The molecule has 1 amide bonds. The van der Waals surface area contributed by atoms with Gasteiger partial charge in [0.15, 0.2) is 0 Å². The predicted octanol–water partition coefficient (Wildman–Crippen LogP) is 3.07. The maximum atomic E-state index is 12.6. The van der Waals surface area contributed by atoms with E-state index in [1.165, 1.54) is 6.92 Å². The van der Waals surface area contributed by atoms with Crippen LogP contribution in [0.3, 0.4) is 0 Å². The van der Waals surface area contributed by atoms with Crippen LogP contribution in [0.4, 0.5) is 14.5 Å². The van der Waals surface area contributed by atoms with Crippen molar-refractivity contribution in [1.82, 2.24) is 0 Å². The molecule has 5 heteroatoms. The van der Waals surface area contributed by atoms with Crippen LogP contribution in [0.1, 0.15) is 19.8 Å². The molecule has 1 aliphatic rings. The van der Waals surface area contributed by atoms with Gasteiger partial charge in [-0.2, -0.15) is 0 Å². The van der Waals surface area contributed by atoms with Crippen LogP contribution in [-0.2, 0) is 4.79 Å². The third kappa shape index (κ3) is 3.42. The summed E-state index contributed by atoms with van der Waals surface area (Å²) in [6.45, 7) is 1.75. The topological polar surface area (TPSA) is 38.3 Å². The number of hydrogen-bond acceptors (Lipinski definition) is 2. The molecule has 0 unspecified atom stereocenters. The van der Waals surface area contributed by atoms with Crippen molar-refractivity contribution in [3.8, 4) is 5.75 Å². The van der Waals surface area contributed by atoms with Crippen LogP contribution in [0.25, 0.3) is 0 Å². The minimum absolute atomic E-state index is 0.0602. The number of carbonyl (C=O) groups excluding carboxylic acids is 1. The summed E-state index contributed by atoms with van der Waals surface area (Å²) in [4.78, 5) is 10.8. The average Bonchev–Trinajstić information content (AvgIpc) is 2.24. The zero-order chi connectivity index (χ0) is 13.2. The number of benzene rings is 1. The van der Waals surface area contributed by atoms with E-state index in [-0.39, 0.29) is 24.7 Å². The Morgan fingerprint density at radius 2 is 2.00 bits per heavy atom. The van der Waals surface area contributed by atoms with Gasteiger partial charge in [-0.3, -0.25) is 4.79 Å². The Morgan fingerprint density at radius 1 is 1.39 bits per heavy atom. The van der Waals surface area contributed by atoms with Gasteiger partial charge in [0.25, 0.3) is 0 Å². The predicted molar refractivity (Wildman–Crippen MR) is 63.9 cm³/mol. The van der Waals surface area contributed by atoms with Crippen molar-refractivity contribution in [2.24, 2.45) is 5.92 Å². The minimum Gasteiger partial charge on any atom is -0.493 e. The van der Waals surface area contributed by atoms with Gasteiger partial charge < -0.3 is 10.1 Å². The fourth-order valence-corrected chi connectivity index (χ4v) is 1.95. The Balaban J connectivity index is 1.78. The molecular formula is C13H15F2NO2. The molecule has 1 aromatic carbocycles. The molecule has 0 bridgehead atoms. The molecule has 0 spiro atoms. The molecule has 0 heterocycles. The molecule has 98 valence electrons. The molecule has 1 aliphatic carbocycles. The van der Waals surface area contributed by atoms with E-state index in [9.17, 15) is 13.6 Å². The third-order valence-corrected chi connectivity index (χ3v) is 2.84. The first-order valence-corrected chi connectivity index (χ1v) is 5.83. The van der Waals surface area contributed by atoms with Crippen LogP contribution < -0.4 is 10.1 Å². The quantitative estimate of drug-likeness (QED) is 0.897. The van der Waals surface area contributed by atoms with Crippen molar-refractivity contribution in [3.05, 3.63) is 24.3 Å². The second-order valence-electron chi connectivity index (χ2n) is 4.65. The number of anilines is 1. The fraction of sp³-hybridized carbons (Fsp3) is 0.462. The highest BCUT2D eigenvalue weighted by Crippen LogP contribution is 2.42. The van der Waals surface area contributed by atoms with Gasteiger partial charge in [-0.25, -0.2) is 8.78 Å². The lowest BCUT2D eigenvalue weighted by Crippen LogP contribution is -2.38. The van der Waals surface area contributed by atoms with E-state index in [4.69, 9.17) is 4.74 Å². The Hall–Kier alpha value is -1.65. The lowest BCUT2D eigenvalue weighted by molar-refractivity contribution is -0.119.